The van der Waals surface area contributed by atoms with Crippen LogP contribution in [0.25, 0.3) is 0 Å². The first kappa shape index (κ1) is 21.5. The van der Waals surface area contributed by atoms with Crippen molar-refractivity contribution >= 4 is 11.6 Å². The lowest BCUT2D eigenvalue weighted by molar-refractivity contribution is -0.141. The third-order valence-electron chi connectivity index (χ3n) is 4.24. The Kier molecular flexibility index (Phi) is 8.43. The van der Waals surface area contributed by atoms with Crippen LogP contribution >= 0.6 is 0 Å². The summed E-state index contributed by atoms with van der Waals surface area (Å²) >= 11 is 0. The minimum absolute atomic E-state index is 0.0929. The number of hydrogen-bond donors (Lipinski definition) is 1. The lowest BCUT2D eigenvalue weighted by Crippen LogP contribution is -2.44. The summed E-state index contributed by atoms with van der Waals surface area (Å²) < 4.78 is 11.8. The fourth-order valence-corrected chi connectivity index (χ4v) is 2.75. The lowest BCUT2D eigenvalue weighted by atomic mass is 9.93. The molecule has 0 heterocycles. The fourth-order valence-electron chi connectivity index (χ4n) is 2.75. The molecule has 1 aromatic carbocycles. The Morgan fingerprint density at radius 3 is 2.44 bits per heavy atom. The minimum atomic E-state index is -0.815. The van der Waals surface area contributed by atoms with E-state index in [4.69, 9.17) is 9.47 Å². The summed E-state index contributed by atoms with van der Waals surface area (Å²) in [6.45, 7) is 14.9. The number of aryl methyl sites for hydroxylation is 1. The molecule has 1 N–H and O–H groups in total. The summed E-state index contributed by atoms with van der Waals surface area (Å²) in [5, 5.41) is 3.01. The highest BCUT2D eigenvalue weighted by Gasteiger charge is 2.35. The maximum Gasteiger partial charge on any atom is 0.256 e. The quantitative estimate of drug-likeness (QED) is 0.620. The van der Waals surface area contributed by atoms with Crippen LogP contribution in [0.3, 0.4) is 0 Å². The Morgan fingerprint density at radius 1 is 1.24 bits per heavy atom. The molecule has 4 nitrogen and oxygen atoms in total. The first-order valence-corrected chi connectivity index (χ1v) is 9.44. The van der Waals surface area contributed by atoms with E-state index >= 15 is 0 Å². The largest absolute Gasteiger partial charge is 0.490 e. The SMILES string of the molecule is CCCOC(C)(CC(C)C)C(=O)Nc1ccc(OC(C)CC)c(C)c1. The van der Waals surface area contributed by atoms with Crippen LogP contribution < -0.4 is 10.1 Å². The van der Waals surface area contributed by atoms with Gasteiger partial charge in [-0.15, -0.1) is 0 Å². The molecule has 0 bridgehead atoms. The van der Waals surface area contributed by atoms with Crippen molar-refractivity contribution in [3.63, 3.8) is 0 Å². The molecule has 0 saturated carbocycles. The highest BCUT2D eigenvalue weighted by molar-refractivity contribution is 5.97. The van der Waals surface area contributed by atoms with Crippen molar-refractivity contribution in [2.45, 2.75) is 79.4 Å². The summed E-state index contributed by atoms with van der Waals surface area (Å²) in [5.41, 5.74) is 0.969. The fraction of sp³-hybridized carbons (Fsp3) is 0.667. The molecule has 0 saturated heterocycles. The van der Waals surface area contributed by atoms with Crippen LogP contribution in [-0.4, -0.2) is 24.2 Å². The molecular formula is C21H35NO3. The van der Waals surface area contributed by atoms with Gasteiger partial charge < -0.3 is 14.8 Å². The van der Waals surface area contributed by atoms with Crippen molar-refractivity contribution in [3.05, 3.63) is 23.8 Å². The van der Waals surface area contributed by atoms with Gasteiger partial charge in [0.2, 0.25) is 0 Å². The first-order valence-electron chi connectivity index (χ1n) is 9.44. The van der Waals surface area contributed by atoms with Gasteiger partial charge in [0.05, 0.1) is 6.10 Å². The molecule has 142 valence electrons. The maximum absolute atomic E-state index is 12.8. The highest BCUT2D eigenvalue weighted by atomic mass is 16.5. The summed E-state index contributed by atoms with van der Waals surface area (Å²) in [5.74, 6) is 1.14. The zero-order chi connectivity index (χ0) is 19.0. The number of rotatable bonds is 10. The van der Waals surface area contributed by atoms with Crippen LogP contribution in [0.1, 0.15) is 66.4 Å². The number of hydrogen-bond acceptors (Lipinski definition) is 3. The summed E-state index contributed by atoms with van der Waals surface area (Å²) in [4.78, 5) is 12.8. The Labute approximate surface area is 153 Å². The zero-order valence-corrected chi connectivity index (χ0v) is 16.9. The van der Waals surface area contributed by atoms with Crippen molar-refractivity contribution < 1.29 is 14.3 Å². The molecule has 0 fully saturated rings. The smallest absolute Gasteiger partial charge is 0.256 e. The van der Waals surface area contributed by atoms with Gasteiger partial charge in [-0.3, -0.25) is 4.79 Å². The molecule has 0 aliphatic rings. The van der Waals surface area contributed by atoms with Crippen LogP contribution in [0, 0.1) is 12.8 Å². The van der Waals surface area contributed by atoms with Crippen molar-refractivity contribution in [1.82, 2.24) is 0 Å². The highest BCUT2D eigenvalue weighted by Crippen LogP contribution is 2.27. The van der Waals surface area contributed by atoms with Gasteiger partial charge >= 0.3 is 0 Å². The van der Waals surface area contributed by atoms with Gasteiger partial charge in [0.1, 0.15) is 11.4 Å². The van der Waals surface area contributed by atoms with E-state index in [0.29, 0.717) is 18.9 Å². The van der Waals surface area contributed by atoms with Gasteiger partial charge in [-0.2, -0.15) is 0 Å². The van der Waals surface area contributed by atoms with Crippen molar-refractivity contribution in [3.8, 4) is 5.75 Å². The zero-order valence-electron chi connectivity index (χ0n) is 16.9. The number of nitrogens with one attached hydrogen (secondary N) is 1. The number of benzene rings is 1. The topological polar surface area (TPSA) is 47.6 Å². The molecule has 0 aliphatic heterocycles. The molecule has 1 aromatic rings. The molecule has 1 amide bonds. The number of ether oxygens (including phenoxy) is 2. The molecule has 4 heteroatoms. The van der Waals surface area contributed by atoms with Gasteiger partial charge in [0, 0.05) is 12.3 Å². The first-order chi connectivity index (χ1) is 11.7. The predicted molar refractivity (Wildman–Crippen MR) is 104 cm³/mol. The van der Waals surface area contributed by atoms with E-state index in [0.717, 1.165) is 29.8 Å². The van der Waals surface area contributed by atoms with E-state index in [1.165, 1.54) is 0 Å². The Morgan fingerprint density at radius 2 is 1.92 bits per heavy atom. The van der Waals surface area contributed by atoms with E-state index in [2.05, 4.69) is 33.0 Å². The lowest BCUT2D eigenvalue weighted by Gasteiger charge is -2.30. The maximum atomic E-state index is 12.8. The second-order valence-corrected chi connectivity index (χ2v) is 7.45. The minimum Gasteiger partial charge on any atom is -0.490 e. The van der Waals surface area contributed by atoms with Crippen LogP contribution in [0.15, 0.2) is 18.2 Å². The van der Waals surface area contributed by atoms with E-state index in [9.17, 15) is 4.79 Å². The van der Waals surface area contributed by atoms with Crippen LogP contribution in [0.5, 0.6) is 5.75 Å². The predicted octanol–water partition coefficient (Wildman–Crippen LogP) is 5.34. The summed E-state index contributed by atoms with van der Waals surface area (Å²) in [6.07, 6.45) is 2.71. The van der Waals surface area contributed by atoms with Crippen LogP contribution in [-0.2, 0) is 9.53 Å². The molecule has 0 spiro atoms. The third-order valence-corrected chi connectivity index (χ3v) is 4.24. The second kappa shape index (κ2) is 9.81. The molecular weight excluding hydrogens is 314 g/mol. The second-order valence-electron chi connectivity index (χ2n) is 7.45. The number of carbonyl (C=O) groups is 1. The van der Waals surface area contributed by atoms with Gasteiger partial charge in [0.15, 0.2) is 0 Å². The number of anilines is 1. The van der Waals surface area contributed by atoms with E-state index in [-0.39, 0.29) is 12.0 Å². The molecule has 2 unspecified atom stereocenters. The molecule has 2 atom stereocenters. The third kappa shape index (κ3) is 6.69. The molecule has 0 radical (unpaired) electrons. The molecule has 0 aromatic heterocycles. The number of amides is 1. The van der Waals surface area contributed by atoms with Crippen LogP contribution in [0.2, 0.25) is 0 Å². The van der Waals surface area contributed by atoms with E-state index in [1.54, 1.807) is 0 Å². The van der Waals surface area contributed by atoms with E-state index in [1.807, 2.05) is 39.0 Å². The summed E-state index contributed by atoms with van der Waals surface area (Å²) in [7, 11) is 0. The molecule has 25 heavy (non-hydrogen) atoms. The van der Waals surface area contributed by atoms with Gasteiger partial charge in [-0.05, 0) is 69.7 Å². The van der Waals surface area contributed by atoms with Gasteiger partial charge in [0.25, 0.3) is 5.91 Å². The average Bonchev–Trinajstić information content (AvgIpc) is 2.54. The van der Waals surface area contributed by atoms with E-state index < -0.39 is 5.60 Å². The van der Waals surface area contributed by atoms with Gasteiger partial charge in [-0.1, -0.05) is 27.7 Å². The molecule has 1 rings (SSSR count). The molecule has 0 aliphatic carbocycles. The monoisotopic (exact) mass is 349 g/mol. The summed E-state index contributed by atoms with van der Waals surface area (Å²) in [6, 6.07) is 5.76. The van der Waals surface area contributed by atoms with Gasteiger partial charge in [-0.25, -0.2) is 0 Å². The Hall–Kier alpha value is -1.55. The average molecular weight is 350 g/mol. The van der Waals surface area contributed by atoms with Crippen LogP contribution in [0.4, 0.5) is 5.69 Å². The van der Waals surface area contributed by atoms with Crippen molar-refractivity contribution in [2.75, 3.05) is 11.9 Å². The number of carbonyl (C=O) groups excluding carboxylic acids is 1. The van der Waals surface area contributed by atoms with Crippen molar-refractivity contribution in [1.29, 1.82) is 0 Å². The standard InChI is InChI=1S/C21H35NO3/c1-8-12-24-21(7,14-15(3)4)20(23)22-18-10-11-19(16(5)13-18)25-17(6)9-2/h10-11,13,15,17H,8-9,12,14H2,1-7H3,(H,22,23). The Bertz CT molecular complexity index is 556. The normalized spacial score (nSPS) is 14.9. The Balaban J connectivity index is 2.87. The van der Waals surface area contributed by atoms with Crippen molar-refractivity contribution in [2.24, 2.45) is 5.92 Å².